The second kappa shape index (κ2) is 7.07. The van der Waals surface area contributed by atoms with Crippen molar-refractivity contribution in [2.24, 2.45) is 0 Å². The summed E-state index contributed by atoms with van der Waals surface area (Å²) in [5.41, 5.74) is -0.408. The van der Waals surface area contributed by atoms with E-state index >= 15 is 0 Å². The molecule has 0 fully saturated rings. The molecule has 21 heavy (non-hydrogen) atoms. The second-order valence-electron chi connectivity index (χ2n) is 4.38. The van der Waals surface area contributed by atoms with E-state index in [2.05, 4.69) is 20.6 Å². The Kier molecular flexibility index (Phi) is 5.70. The number of aliphatic hydroxyl groups excluding tert-OH is 1. The molecule has 3 N–H and O–H groups in total. The van der Waals surface area contributed by atoms with Gasteiger partial charge in [0.25, 0.3) is 5.92 Å². The summed E-state index contributed by atoms with van der Waals surface area (Å²) in [4.78, 5) is 18.0. The molecule has 0 radical (unpaired) electrons. The van der Waals surface area contributed by atoms with Crippen LogP contribution in [0.3, 0.4) is 0 Å². The van der Waals surface area contributed by atoms with Crippen molar-refractivity contribution in [1.82, 2.24) is 9.97 Å². The summed E-state index contributed by atoms with van der Waals surface area (Å²) in [7, 11) is 0. The Morgan fingerprint density at radius 2 is 2.05 bits per heavy atom. The number of nitrogens with zero attached hydrogens (tertiary/aromatic N) is 3. The van der Waals surface area contributed by atoms with Gasteiger partial charge >= 0.3 is 5.69 Å². The van der Waals surface area contributed by atoms with Crippen LogP contribution in [0.1, 0.15) is 19.0 Å². The standard InChI is InChI=1S/C11H17F2N5O3/c1-3-4-14-10-16-7(2)8(18(20)21)9(17-10)15-5-11(12,13)6-19/h19H,3-6H2,1-2H3,(H2,14,15,16,17). The van der Waals surface area contributed by atoms with Crippen LogP contribution in [0.4, 0.5) is 26.2 Å². The Labute approximate surface area is 119 Å². The summed E-state index contributed by atoms with van der Waals surface area (Å²) in [5.74, 6) is -3.59. The van der Waals surface area contributed by atoms with E-state index < -0.39 is 29.7 Å². The van der Waals surface area contributed by atoms with Crippen molar-refractivity contribution in [1.29, 1.82) is 0 Å². The number of rotatable bonds is 8. The highest BCUT2D eigenvalue weighted by molar-refractivity contribution is 5.60. The fraction of sp³-hybridized carbons (Fsp3) is 0.636. The Bertz CT molecular complexity index is 513. The molecule has 0 aliphatic carbocycles. The van der Waals surface area contributed by atoms with Crippen LogP contribution in [-0.4, -0.2) is 45.6 Å². The number of aromatic nitrogens is 2. The minimum atomic E-state index is -3.40. The van der Waals surface area contributed by atoms with Crippen LogP contribution < -0.4 is 10.6 Å². The van der Waals surface area contributed by atoms with Gasteiger partial charge in [-0.25, -0.2) is 13.8 Å². The molecule has 0 amide bonds. The monoisotopic (exact) mass is 305 g/mol. The zero-order valence-electron chi connectivity index (χ0n) is 11.7. The number of halogens is 2. The maximum absolute atomic E-state index is 13.0. The van der Waals surface area contributed by atoms with Crippen molar-refractivity contribution in [2.75, 3.05) is 30.3 Å². The van der Waals surface area contributed by atoms with Crippen LogP contribution >= 0.6 is 0 Å². The molecule has 10 heteroatoms. The number of anilines is 2. The molecule has 0 aliphatic heterocycles. The molecule has 0 bridgehead atoms. The first-order valence-corrected chi connectivity index (χ1v) is 6.30. The lowest BCUT2D eigenvalue weighted by molar-refractivity contribution is -0.385. The Morgan fingerprint density at radius 3 is 2.57 bits per heavy atom. The highest BCUT2D eigenvalue weighted by atomic mass is 19.3. The van der Waals surface area contributed by atoms with Gasteiger partial charge in [0.05, 0.1) is 11.5 Å². The van der Waals surface area contributed by atoms with Crippen molar-refractivity contribution in [2.45, 2.75) is 26.2 Å². The quantitative estimate of drug-likeness (QED) is 0.493. The van der Waals surface area contributed by atoms with Crippen LogP contribution in [-0.2, 0) is 0 Å². The first-order valence-electron chi connectivity index (χ1n) is 6.30. The molecule has 0 aliphatic rings. The summed E-state index contributed by atoms with van der Waals surface area (Å²) in [6.07, 6.45) is 0.782. The van der Waals surface area contributed by atoms with E-state index in [1.165, 1.54) is 6.92 Å². The van der Waals surface area contributed by atoms with E-state index in [-0.39, 0.29) is 17.5 Å². The SMILES string of the molecule is CCCNc1nc(C)c([N+](=O)[O-])c(NCC(F)(F)CO)n1. The van der Waals surface area contributed by atoms with Crippen LogP contribution in [0.25, 0.3) is 0 Å². The first-order chi connectivity index (χ1) is 9.80. The third kappa shape index (κ3) is 4.74. The molecular weight excluding hydrogens is 288 g/mol. The maximum Gasteiger partial charge on any atom is 0.332 e. The zero-order chi connectivity index (χ0) is 16.0. The van der Waals surface area contributed by atoms with Crippen molar-refractivity contribution in [3.05, 3.63) is 15.8 Å². The Morgan fingerprint density at radius 1 is 1.38 bits per heavy atom. The van der Waals surface area contributed by atoms with E-state index in [9.17, 15) is 18.9 Å². The van der Waals surface area contributed by atoms with Crippen LogP contribution in [0.5, 0.6) is 0 Å². The van der Waals surface area contributed by atoms with Gasteiger partial charge in [-0.1, -0.05) is 6.92 Å². The summed E-state index contributed by atoms with van der Waals surface area (Å²) in [6, 6.07) is 0. The molecule has 0 unspecified atom stereocenters. The summed E-state index contributed by atoms with van der Waals surface area (Å²) in [5, 5.41) is 24.5. The molecule has 1 aromatic rings. The second-order valence-corrected chi connectivity index (χ2v) is 4.38. The first kappa shape index (κ1) is 17.0. The molecule has 0 aromatic carbocycles. The zero-order valence-corrected chi connectivity index (χ0v) is 11.7. The van der Waals surface area contributed by atoms with Crippen LogP contribution in [0.15, 0.2) is 0 Å². The molecule has 118 valence electrons. The molecule has 0 atom stereocenters. The molecule has 0 spiro atoms. The van der Waals surface area contributed by atoms with Gasteiger partial charge in [0, 0.05) is 6.54 Å². The van der Waals surface area contributed by atoms with Gasteiger partial charge in [0.15, 0.2) is 0 Å². The average molecular weight is 305 g/mol. The largest absolute Gasteiger partial charge is 0.390 e. The van der Waals surface area contributed by atoms with Gasteiger partial charge < -0.3 is 15.7 Å². The van der Waals surface area contributed by atoms with Gasteiger partial charge in [-0.05, 0) is 13.3 Å². The van der Waals surface area contributed by atoms with Crippen molar-refractivity contribution in [3.63, 3.8) is 0 Å². The van der Waals surface area contributed by atoms with Gasteiger partial charge in [-0.3, -0.25) is 10.1 Å². The smallest absolute Gasteiger partial charge is 0.332 e. The number of hydrogen-bond donors (Lipinski definition) is 3. The average Bonchev–Trinajstić information content (AvgIpc) is 2.42. The third-order valence-corrected chi connectivity index (χ3v) is 2.52. The van der Waals surface area contributed by atoms with Gasteiger partial charge in [0.2, 0.25) is 11.8 Å². The summed E-state index contributed by atoms with van der Waals surface area (Å²) < 4.78 is 26.1. The Hall–Kier alpha value is -2.10. The normalized spacial score (nSPS) is 11.3. The number of nitrogens with one attached hydrogen (secondary N) is 2. The van der Waals surface area contributed by atoms with Gasteiger partial charge in [0.1, 0.15) is 12.3 Å². The van der Waals surface area contributed by atoms with Crippen LogP contribution in [0.2, 0.25) is 0 Å². The highest BCUT2D eigenvalue weighted by Gasteiger charge is 2.30. The number of aliphatic hydroxyl groups is 1. The molecule has 1 rings (SSSR count). The summed E-state index contributed by atoms with van der Waals surface area (Å²) in [6.45, 7) is 1.52. The highest BCUT2D eigenvalue weighted by Crippen LogP contribution is 2.27. The van der Waals surface area contributed by atoms with E-state index in [4.69, 9.17) is 5.11 Å². The number of alkyl halides is 2. The van der Waals surface area contributed by atoms with E-state index in [0.717, 1.165) is 6.42 Å². The summed E-state index contributed by atoms with van der Waals surface area (Å²) >= 11 is 0. The molecule has 0 saturated carbocycles. The van der Waals surface area contributed by atoms with Crippen molar-refractivity contribution >= 4 is 17.5 Å². The third-order valence-electron chi connectivity index (χ3n) is 2.52. The lowest BCUT2D eigenvalue weighted by Gasteiger charge is -2.15. The topological polar surface area (TPSA) is 113 Å². The number of nitro groups is 1. The van der Waals surface area contributed by atoms with Gasteiger partial charge in [-0.15, -0.1) is 0 Å². The maximum atomic E-state index is 13.0. The van der Waals surface area contributed by atoms with Crippen molar-refractivity contribution in [3.8, 4) is 0 Å². The van der Waals surface area contributed by atoms with Gasteiger partial charge in [-0.2, -0.15) is 4.98 Å². The molecule has 0 saturated heterocycles. The van der Waals surface area contributed by atoms with E-state index in [1.807, 2.05) is 6.92 Å². The van der Waals surface area contributed by atoms with Crippen molar-refractivity contribution < 1.29 is 18.8 Å². The predicted molar refractivity (Wildman–Crippen MR) is 72.7 cm³/mol. The molecular formula is C11H17F2N5O3. The minimum absolute atomic E-state index is 0.0587. The fourth-order valence-corrected chi connectivity index (χ4v) is 1.49. The molecule has 1 aromatic heterocycles. The Balaban J connectivity index is 3.07. The minimum Gasteiger partial charge on any atom is -0.390 e. The molecule has 8 nitrogen and oxygen atoms in total. The predicted octanol–water partition coefficient (Wildman–Crippen LogP) is 1.55. The lowest BCUT2D eigenvalue weighted by Crippen LogP contribution is -2.31. The van der Waals surface area contributed by atoms with E-state index in [1.54, 1.807) is 0 Å². The number of hydrogen-bond acceptors (Lipinski definition) is 7. The lowest BCUT2D eigenvalue weighted by atomic mass is 10.3. The fourth-order valence-electron chi connectivity index (χ4n) is 1.49. The van der Waals surface area contributed by atoms with E-state index in [0.29, 0.717) is 6.54 Å². The number of aryl methyl sites for hydroxylation is 1. The van der Waals surface area contributed by atoms with Crippen LogP contribution in [0, 0.1) is 17.0 Å². The molecule has 1 heterocycles.